The number of amides is 1. The minimum atomic E-state index is -0.0626. The SMILES string of the molecule is CC(C)C(=O)Nc1cncc(Br)n1. The van der Waals surface area contributed by atoms with Gasteiger partial charge in [-0.15, -0.1) is 0 Å². The van der Waals surface area contributed by atoms with Crippen LogP contribution in [0.15, 0.2) is 17.0 Å². The van der Waals surface area contributed by atoms with Crippen LogP contribution in [0.3, 0.4) is 0 Å². The second-order valence-corrected chi connectivity index (χ2v) is 3.68. The van der Waals surface area contributed by atoms with E-state index in [2.05, 4.69) is 31.2 Å². The molecule has 4 nitrogen and oxygen atoms in total. The predicted molar refractivity (Wildman–Crippen MR) is 53.2 cm³/mol. The van der Waals surface area contributed by atoms with Crippen molar-refractivity contribution in [2.24, 2.45) is 5.92 Å². The molecule has 0 atom stereocenters. The van der Waals surface area contributed by atoms with Crippen LogP contribution in [0, 0.1) is 5.92 Å². The van der Waals surface area contributed by atoms with Crippen LogP contribution >= 0.6 is 15.9 Å². The molecule has 1 N–H and O–H groups in total. The lowest BCUT2D eigenvalue weighted by molar-refractivity contribution is -0.118. The number of halogens is 1. The highest BCUT2D eigenvalue weighted by molar-refractivity contribution is 9.10. The molecule has 0 saturated heterocycles. The molecule has 0 bridgehead atoms. The first-order valence-electron chi connectivity index (χ1n) is 3.88. The van der Waals surface area contributed by atoms with Crippen LogP contribution in [-0.4, -0.2) is 15.9 Å². The van der Waals surface area contributed by atoms with Crippen LogP contribution in [0.25, 0.3) is 0 Å². The molecule has 1 amide bonds. The lowest BCUT2D eigenvalue weighted by atomic mass is 10.2. The maximum Gasteiger partial charge on any atom is 0.228 e. The molecule has 0 aliphatic heterocycles. The van der Waals surface area contributed by atoms with Gasteiger partial charge in [0.15, 0.2) is 5.82 Å². The summed E-state index contributed by atoms with van der Waals surface area (Å²) in [5, 5.41) is 2.64. The number of carbonyl (C=O) groups excluding carboxylic acids is 1. The third-order valence-corrected chi connectivity index (χ3v) is 1.76. The first-order valence-corrected chi connectivity index (χ1v) is 4.67. The van der Waals surface area contributed by atoms with Gasteiger partial charge in [0.05, 0.1) is 12.4 Å². The Morgan fingerprint density at radius 1 is 1.54 bits per heavy atom. The molecule has 0 fully saturated rings. The molecule has 1 aromatic heterocycles. The Morgan fingerprint density at radius 2 is 2.23 bits per heavy atom. The molecule has 1 heterocycles. The molecule has 0 aromatic carbocycles. The zero-order chi connectivity index (χ0) is 9.84. The summed E-state index contributed by atoms with van der Waals surface area (Å²) in [6.45, 7) is 3.64. The summed E-state index contributed by atoms with van der Waals surface area (Å²) in [6.07, 6.45) is 3.07. The van der Waals surface area contributed by atoms with E-state index in [9.17, 15) is 4.79 Å². The Hall–Kier alpha value is -0.970. The third-order valence-electron chi connectivity index (χ3n) is 1.38. The van der Waals surface area contributed by atoms with Crippen molar-refractivity contribution in [2.75, 3.05) is 5.32 Å². The standard InChI is InChI=1S/C8H10BrN3O/c1-5(2)8(13)12-7-4-10-3-6(9)11-7/h3-5H,1-2H3,(H,11,12,13). The van der Waals surface area contributed by atoms with Crippen molar-refractivity contribution in [1.29, 1.82) is 0 Å². The lowest BCUT2D eigenvalue weighted by Gasteiger charge is -2.05. The maximum absolute atomic E-state index is 11.2. The van der Waals surface area contributed by atoms with Crippen LogP contribution in [0.5, 0.6) is 0 Å². The highest BCUT2D eigenvalue weighted by atomic mass is 79.9. The van der Waals surface area contributed by atoms with E-state index in [1.165, 1.54) is 6.20 Å². The van der Waals surface area contributed by atoms with Crippen molar-refractivity contribution in [2.45, 2.75) is 13.8 Å². The minimum absolute atomic E-state index is 0.0548. The largest absolute Gasteiger partial charge is 0.309 e. The summed E-state index contributed by atoms with van der Waals surface area (Å²) >= 11 is 3.16. The van der Waals surface area contributed by atoms with Gasteiger partial charge in [0.2, 0.25) is 5.91 Å². The van der Waals surface area contributed by atoms with Crippen molar-refractivity contribution in [3.05, 3.63) is 17.0 Å². The van der Waals surface area contributed by atoms with Crippen molar-refractivity contribution in [1.82, 2.24) is 9.97 Å². The van der Waals surface area contributed by atoms with Crippen LogP contribution in [0.1, 0.15) is 13.8 Å². The summed E-state index contributed by atoms with van der Waals surface area (Å²) in [5.74, 6) is 0.348. The van der Waals surface area contributed by atoms with Gasteiger partial charge in [-0.05, 0) is 15.9 Å². The highest BCUT2D eigenvalue weighted by Crippen LogP contribution is 2.08. The smallest absolute Gasteiger partial charge is 0.228 e. The van der Waals surface area contributed by atoms with Gasteiger partial charge in [-0.1, -0.05) is 13.8 Å². The molecule has 70 valence electrons. The highest BCUT2D eigenvalue weighted by Gasteiger charge is 2.07. The molecule has 5 heteroatoms. The van der Waals surface area contributed by atoms with Gasteiger partial charge in [-0.25, -0.2) is 4.98 Å². The molecule has 0 aliphatic rings. The van der Waals surface area contributed by atoms with E-state index in [0.717, 1.165) is 0 Å². The first-order chi connectivity index (χ1) is 6.09. The summed E-state index contributed by atoms with van der Waals surface area (Å²) in [4.78, 5) is 19.1. The molecule has 13 heavy (non-hydrogen) atoms. The van der Waals surface area contributed by atoms with Crippen LogP contribution in [-0.2, 0) is 4.79 Å². The molecule has 0 radical (unpaired) electrons. The number of hydrogen-bond donors (Lipinski definition) is 1. The van der Waals surface area contributed by atoms with Gasteiger partial charge < -0.3 is 5.32 Å². The van der Waals surface area contributed by atoms with Crippen LogP contribution in [0.4, 0.5) is 5.82 Å². The van der Waals surface area contributed by atoms with E-state index >= 15 is 0 Å². The first kappa shape index (κ1) is 10.1. The number of carbonyl (C=O) groups is 1. The minimum Gasteiger partial charge on any atom is -0.309 e. The molecule has 1 rings (SSSR count). The molecule has 0 unspecified atom stereocenters. The predicted octanol–water partition coefficient (Wildman–Crippen LogP) is 1.83. The van der Waals surface area contributed by atoms with E-state index in [4.69, 9.17) is 0 Å². The van der Waals surface area contributed by atoms with Crippen molar-refractivity contribution in [3.8, 4) is 0 Å². The summed E-state index contributed by atoms with van der Waals surface area (Å²) in [7, 11) is 0. The van der Waals surface area contributed by atoms with Crippen molar-refractivity contribution < 1.29 is 4.79 Å². The number of hydrogen-bond acceptors (Lipinski definition) is 3. The average Bonchev–Trinajstić information content (AvgIpc) is 2.04. The second-order valence-electron chi connectivity index (χ2n) is 2.87. The topological polar surface area (TPSA) is 54.9 Å². The monoisotopic (exact) mass is 243 g/mol. The average molecular weight is 244 g/mol. The number of rotatable bonds is 2. The Labute approximate surface area is 84.9 Å². The quantitative estimate of drug-likeness (QED) is 0.863. The van der Waals surface area contributed by atoms with Crippen LogP contribution in [0.2, 0.25) is 0 Å². The third kappa shape index (κ3) is 3.10. The zero-order valence-electron chi connectivity index (χ0n) is 7.41. The molecular weight excluding hydrogens is 234 g/mol. The molecule has 0 spiro atoms. The van der Waals surface area contributed by atoms with Gasteiger partial charge >= 0.3 is 0 Å². The Bertz CT molecular complexity index is 314. The fraction of sp³-hybridized carbons (Fsp3) is 0.375. The number of aromatic nitrogens is 2. The number of nitrogens with zero attached hydrogens (tertiary/aromatic N) is 2. The lowest BCUT2D eigenvalue weighted by Crippen LogP contribution is -2.18. The summed E-state index contributed by atoms with van der Waals surface area (Å²) in [6, 6.07) is 0. The Kier molecular flexibility index (Phi) is 3.36. The van der Waals surface area contributed by atoms with E-state index in [1.54, 1.807) is 6.20 Å². The van der Waals surface area contributed by atoms with Crippen LogP contribution < -0.4 is 5.32 Å². The normalized spacial score (nSPS) is 10.2. The Morgan fingerprint density at radius 3 is 2.77 bits per heavy atom. The van der Waals surface area contributed by atoms with Gasteiger partial charge in [-0.2, -0.15) is 0 Å². The van der Waals surface area contributed by atoms with E-state index in [-0.39, 0.29) is 11.8 Å². The van der Waals surface area contributed by atoms with Gasteiger partial charge in [0, 0.05) is 5.92 Å². The van der Waals surface area contributed by atoms with Gasteiger partial charge in [-0.3, -0.25) is 9.78 Å². The molecular formula is C8H10BrN3O. The van der Waals surface area contributed by atoms with Gasteiger partial charge in [0.25, 0.3) is 0 Å². The second kappa shape index (κ2) is 4.32. The summed E-state index contributed by atoms with van der Waals surface area (Å²) in [5.41, 5.74) is 0. The van der Waals surface area contributed by atoms with Gasteiger partial charge in [0.1, 0.15) is 4.60 Å². The number of nitrogens with one attached hydrogen (secondary N) is 1. The maximum atomic E-state index is 11.2. The zero-order valence-corrected chi connectivity index (χ0v) is 9.00. The Balaban J connectivity index is 2.69. The van der Waals surface area contributed by atoms with E-state index in [1.807, 2.05) is 13.8 Å². The van der Waals surface area contributed by atoms with Crippen molar-refractivity contribution >= 4 is 27.7 Å². The number of anilines is 1. The molecule has 1 aromatic rings. The molecule has 0 saturated carbocycles. The van der Waals surface area contributed by atoms with E-state index < -0.39 is 0 Å². The summed E-state index contributed by atoms with van der Waals surface area (Å²) < 4.78 is 0.606. The van der Waals surface area contributed by atoms with Crippen molar-refractivity contribution in [3.63, 3.8) is 0 Å². The molecule has 0 aliphatic carbocycles. The fourth-order valence-corrected chi connectivity index (χ4v) is 0.982. The fourth-order valence-electron chi connectivity index (χ4n) is 0.673. The van der Waals surface area contributed by atoms with E-state index in [0.29, 0.717) is 10.4 Å².